The van der Waals surface area contributed by atoms with Crippen LogP contribution in [0.15, 0.2) is 12.3 Å². The number of anilines is 1. The monoisotopic (exact) mass is 278 g/mol. The Bertz CT molecular complexity index is 526. The first kappa shape index (κ1) is 14.2. The lowest BCUT2D eigenvalue weighted by Gasteiger charge is -2.31. The van der Waals surface area contributed by atoms with E-state index in [0.29, 0.717) is 0 Å². The highest BCUT2D eigenvalue weighted by atomic mass is 16.6. The van der Waals surface area contributed by atoms with Crippen LogP contribution in [0, 0.1) is 10.1 Å². The first-order valence-corrected chi connectivity index (χ1v) is 6.67. The molecule has 1 amide bonds. The zero-order valence-electron chi connectivity index (χ0n) is 11.4. The van der Waals surface area contributed by atoms with Crippen LogP contribution in [0.2, 0.25) is 0 Å². The van der Waals surface area contributed by atoms with Crippen LogP contribution in [0.3, 0.4) is 0 Å². The molecule has 0 radical (unpaired) electrons. The highest BCUT2D eigenvalue weighted by molar-refractivity contribution is 5.98. The molecule has 1 aliphatic carbocycles. The SMILES string of the molecule is CN(C(=O)c1cc(N)ncc1[N+](=O)[O-])C1CCCCC1. The Kier molecular flexibility index (Phi) is 4.16. The van der Waals surface area contributed by atoms with Gasteiger partial charge < -0.3 is 10.6 Å². The van der Waals surface area contributed by atoms with Crippen LogP contribution >= 0.6 is 0 Å². The van der Waals surface area contributed by atoms with Gasteiger partial charge in [-0.1, -0.05) is 19.3 Å². The third-order valence-corrected chi connectivity index (χ3v) is 3.77. The first-order chi connectivity index (χ1) is 9.50. The molecule has 0 atom stereocenters. The molecule has 0 aliphatic heterocycles. The number of hydrogen-bond acceptors (Lipinski definition) is 5. The largest absolute Gasteiger partial charge is 0.384 e. The highest BCUT2D eigenvalue weighted by Crippen LogP contribution is 2.26. The second-order valence-electron chi connectivity index (χ2n) is 5.09. The van der Waals surface area contributed by atoms with E-state index in [1.807, 2.05) is 0 Å². The van der Waals surface area contributed by atoms with Gasteiger partial charge in [0.2, 0.25) is 0 Å². The molecule has 0 unspecified atom stereocenters. The van der Waals surface area contributed by atoms with Crippen LogP contribution in [0.4, 0.5) is 11.5 Å². The summed E-state index contributed by atoms with van der Waals surface area (Å²) in [5, 5.41) is 11.0. The van der Waals surface area contributed by atoms with Crippen molar-refractivity contribution in [1.82, 2.24) is 9.88 Å². The third-order valence-electron chi connectivity index (χ3n) is 3.77. The van der Waals surface area contributed by atoms with Crippen LogP contribution in [0.1, 0.15) is 42.5 Å². The summed E-state index contributed by atoms with van der Waals surface area (Å²) in [6.45, 7) is 0. The number of aromatic nitrogens is 1. The normalized spacial score (nSPS) is 15.8. The number of nitrogens with zero attached hydrogens (tertiary/aromatic N) is 3. The molecule has 2 N–H and O–H groups in total. The maximum atomic E-state index is 12.5. The van der Waals surface area contributed by atoms with Crippen LogP contribution < -0.4 is 5.73 Å². The smallest absolute Gasteiger partial charge is 0.300 e. The number of nitro groups is 1. The van der Waals surface area contributed by atoms with Crippen molar-refractivity contribution in [3.8, 4) is 0 Å². The van der Waals surface area contributed by atoms with E-state index < -0.39 is 4.92 Å². The first-order valence-electron chi connectivity index (χ1n) is 6.67. The average molecular weight is 278 g/mol. The number of rotatable bonds is 3. The number of hydrogen-bond donors (Lipinski definition) is 1. The van der Waals surface area contributed by atoms with Crippen molar-refractivity contribution < 1.29 is 9.72 Å². The Morgan fingerprint density at radius 3 is 2.70 bits per heavy atom. The van der Waals surface area contributed by atoms with Crippen molar-refractivity contribution in [1.29, 1.82) is 0 Å². The molecule has 1 aromatic rings. The van der Waals surface area contributed by atoms with Gasteiger partial charge in [0, 0.05) is 13.1 Å². The molecular formula is C13H18N4O3. The molecular weight excluding hydrogens is 260 g/mol. The number of carbonyl (C=O) groups excluding carboxylic acids is 1. The molecule has 0 bridgehead atoms. The molecule has 108 valence electrons. The van der Waals surface area contributed by atoms with Crippen molar-refractivity contribution in [3.05, 3.63) is 27.9 Å². The highest BCUT2D eigenvalue weighted by Gasteiger charge is 2.28. The fraction of sp³-hybridized carbons (Fsp3) is 0.538. The molecule has 0 aromatic carbocycles. The molecule has 1 aliphatic rings. The summed E-state index contributed by atoms with van der Waals surface area (Å²) in [5.41, 5.74) is 5.25. The second kappa shape index (κ2) is 5.85. The summed E-state index contributed by atoms with van der Waals surface area (Å²) in [6.07, 6.45) is 6.27. The number of carbonyl (C=O) groups is 1. The van der Waals surface area contributed by atoms with Crippen molar-refractivity contribution >= 4 is 17.4 Å². The van der Waals surface area contributed by atoms with E-state index in [0.717, 1.165) is 31.9 Å². The molecule has 2 rings (SSSR count). The van der Waals surface area contributed by atoms with Gasteiger partial charge in [0.1, 0.15) is 17.6 Å². The third kappa shape index (κ3) is 2.87. The molecule has 1 fully saturated rings. The minimum atomic E-state index is -0.603. The van der Waals surface area contributed by atoms with Gasteiger partial charge in [-0.05, 0) is 18.9 Å². The summed E-state index contributed by atoms with van der Waals surface area (Å²) < 4.78 is 0. The molecule has 1 saturated carbocycles. The molecule has 0 spiro atoms. The zero-order chi connectivity index (χ0) is 14.7. The zero-order valence-corrected chi connectivity index (χ0v) is 11.4. The van der Waals surface area contributed by atoms with Gasteiger partial charge in [0.05, 0.1) is 4.92 Å². The van der Waals surface area contributed by atoms with E-state index in [1.165, 1.54) is 12.5 Å². The van der Waals surface area contributed by atoms with Crippen molar-refractivity contribution in [2.45, 2.75) is 38.1 Å². The van der Waals surface area contributed by atoms with Gasteiger partial charge in [0.25, 0.3) is 11.6 Å². The van der Waals surface area contributed by atoms with Crippen LogP contribution in [0.25, 0.3) is 0 Å². The quantitative estimate of drug-likeness (QED) is 0.672. The van der Waals surface area contributed by atoms with E-state index in [2.05, 4.69) is 4.98 Å². The Hall–Kier alpha value is -2.18. The number of pyridine rings is 1. The molecule has 7 nitrogen and oxygen atoms in total. The molecule has 20 heavy (non-hydrogen) atoms. The summed E-state index contributed by atoms with van der Waals surface area (Å²) in [4.78, 5) is 28.1. The maximum absolute atomic E-state index is 12.5. The number of nitrogen functional groups attached to an aromatic ring is 1. The van der Waals surface area contributed by atoms with Gasteiger partial charge in [-0.25, -0.2) is 4.98 Å². The standard InChI is InChI=1S/C13H18N4O3/c1-16(9-5-3-2-4-6-9)13(18)10-7-12(14)15-8-11(10)17(19)20/h7-9H,2-6H2,1H3,(H2,14,15). The number of amides is 1. The topological polar surface area (TPSA) is 102 Å². The van der Waals surface area contributed by atoms with E-state index in [9.17, 15) is 14.9 Å². The van der Waals surface area contributed by atoms with Gasteiger partial charge in [-0.3, -0.25) is 14.9 Å². The van der Waals surface area contributed by atoms with Crippen molar-refractivity contribution in [2.75, 3.05) is 12.8 Å². The van der Waals surface area contributed by atoms with E-state index in [-0.39, 0.29) is 29.0 Å². The summed E-state index contributed by atoms with van der Waals surface area (Å²) >= 11 is 0. The van der Waals surface area contributed by atoms with Crippen LogP contribution in [0.5, 0.6) is 0 Å². The summed E-state index contributed by atoms with van der Waals surface area (Å²) in [7, 11) is 1.69. The van der Waals surface area contributed by atoms with E-state index in [4.69, 9.17) is 5.73 Å². The average Bonchev–Trinajstić information content (AvgIpc) is 2.46. The van der Waals surface area contributed by atoms with Crippen molar-refractivity contribution in [3.63, 3.8) is 0 Å². The predicted octanol–water partition coefficient (Wildman–Crippen LogP) is 1.98. The number of nitrogens with two attached hydrogens (primary N) is 1. The van der Waals surface area contributed by atoms with Crippen molar-refractivity contribution in [2.24, 2.45) is 0 Å². The van der Waals surface area contributed by atoms with Gasteiger partial charge in [-0.15, -0.1) is 0 Å². The van der Waals surface area contributed by atoms with Gasteiger partial charge in [-0.2, -0.15) is 0 Å². The fourth-order valence-corrected chi connectivity index (χ4v) is 2.61. The summed E-state index contributed by atoms with van der Waals surface area (Å²) in [6, 6.07) is 1.42. The molecule has 1 heterocycles. The molecule has 7 heteroatoms. The minimum Gasteiger partial charge on any atom is -0.384 e. The lowest BCUT2D eigenvalue weighted by atomic mass is 9.94. The maximum Gasteiger partial charge on any atom is 0.300 e. The Balaban J connectivity index is 2.27. The van der Waals surface area contributed by atoms with Gasteiger partial charge in [0.15, 0.2) is 0 Å². The Morgan fingerprint density at radius 2 is 2.10 bits per heavy atom. The minimum absolute atomic E-state index is 0.00979. The van der Waals surface area contributed by atoms with E-state index in [1.54, 1.807) is 11.9 Å². The summed E-state index contributed by atoms with van der Waals surface area (Å²) in [5.74, 6) is -0.256. The molecule has 0 saturated heterocycles. The van der Waals surface area contributed by atoms with Crippen LogP contribution in [-0.4, -0.2) is 33.8 Å². The van der Waals surface area contributed by atoms with E-state index >= 15 is 0 Å². The Labute approximate surface area is 116 Å². The van der Waals surface area contributed by atoms with Crippen LogP contribution in [-0.2, 0) is 0 Å². The fourth-order valence-electron chi connectivity index (χ4n) is 2.61. The molecule has 1 aromatic heterocycles. The lowest BCUT2D eigenvalue weighted by Crippen LogP contribution is -2.38. The van der Waals surface area contributed by atoms with Gasteiger partial charge >= 0.3 is 0 Å². The Morgan fingerprint density at radius 1 is 1.45 bits per heavy atom. The second-order valence-corrected chi connectivity index (χ2v) is 5.09. The predicted molar refractivity (Wildman–Crippen MR) is 74.3 cm³/mol. The lowest BCUT2D eigenvalue weighted by molar-refractivity contribution is -0.385.